The summed E-state index contributed by atoms with van der Waals surface area (Å²) in [6, 6.07) is 14.2. The lowest BCUT2D eigenvalue weighted by Crippen LogP contribution is -2.53. The van der Waals surface area contributed by atoms with Crippen molar-refractivity contribution in [2.75, 3.05) is 25.5 Å². The van der Waals surface area contributed by atoms with Gasteiger partial charge < -0.3 is 25.6 Å². The molecular formula is C25H32N4O4. The molecule has 8 nitrogen and oxygen atoms in total. The molecule has 0 radical (unpaired) electrons. The predicted octanol–water partition coefficient (Wildman–Crippen LogP) is 2.86. The van der Waals surface area contributed by atoms with Crippen molar-refractivity contribution in [1.29, 1.82) is 0 Å². The summed E-state index contributed by atoms with van der Waals surface area (Å²) in [6.07, 6.45) is 1.62. The predicted molar refractivity (Wildman–Crippen MR) is 127 cm³/mol. The number of benzene rings is 2. The number of para-hydroxylation sites is 2. The maximum Gasteiger partial charge on any atom is 0.321 e. The number of hydrogen-bond acceptors (Lipinski definition) is 4. The Morgan fingerprint density at radius 1 is 1.06 bits per heavy atom. The Hall–Kier alpha value is -3.55. The van der Waals surface area contributed by atoms with Crippen LogP contribution in [-0.2, 0) is 16.0 Å². The first kappa shape index (κ1) is 24.1. The van der Waals surface area contributed by atoms with Crippen LogP contribution in [0.25, 0.3) is 0 Å². The molecule has 0 aliphatic carbocycles. The van der Waals surface area contributed by atoms with Crippen molar-refractivity contribution in [2.45, 2.75) is 45.2 Å². The van der Waals surface area contributed by atoms with Crippen LogP contribution in [0.3, 0.4) is 0 Å². The monoisotopic (exact) mass is 452 g/mol. The van der Waals surface area contributed by atoms with Gasteiger partial charge in [-0.25, -0.2) is 4.79 Å². The fourth-order valence-corrected chi connectivity index (χ4v) is 3.98. The molecule has 0 bridgehead atoms. The summed E-state index contributed by atoms with van der Waals surface area (Å²) >= 11 is 0. The molecule has 0 unspecified atom stereocenters. The largest absolute Gasteiger partial charge is 0.496 e. The molecule has 2 aromatic rings. The van der Waals surface area contributed by atoms with E-state index in [9.17, 15) is 14.4 Å². The Labute approximate surface area is 194 Å². The summed E-state index contributed by atoms with van der Waals surface area (Å²) in [4.78, 5) is 39.1. The van der Waals surface area contributed by atoms with Gasteiger partial charge in [-0.15, -0.1) is 0 Å². The molecule has 1 aliphatic rings. The zero-order valence-corrected chi connectivity index (χ0v) is 19.4. The zero-order valence-electron chi connectivity index (χ0n) is 19.4. The third-order valence-electron chi connectivity index (χ3n) is 5.83. The lowest BCUT2D eigenvalue weighted by molar-refractivity contribution is -0.128. The number of hydrogen-bond donors (Lipinski definition) is 3. The van der Waals surface area contributed by atoms with Crippen molar-refractivity contribution < 1.29 is 19.1 Å². The van der Waals surface area contributed by atoms with Crippen LogP contribution in [0.4, 0.5) is 10.5 Å². The third kappa shape index (κ3) is 6.71. The first-order valence-corrected chi connectivity index (χ1v) is 11.2. The fraction of sp³-hybridized carbons (Fsp3) is 0.400. The van der Waals surface area contributed by atoms with E-state index in [2.05, 4.69) is 16.0 Å². The normalized spacial score (nSPS) is 14.8. The number of nitrogens with zero attached hydrogens (tertiary/aromatic N) is 1. The third-order valence-corrected chi connectivity index (χ3v) is 5.83. The van der Waals surface area contributed by atoms with Crippen molar-refractivity contribution in [3.8, 4) is 5.75 Å². The van der Waals surface area contributed by atoms with Gasteiger partial charge in [0.25, 0.3) is 0 Å². The molecule has 3 rings (SSSR count). The van der Waals surface area contributed by atoms with E-state index < -0.39 is 6.04 Å². The number of carbonyl (C=O) groups is 3. The Kier molecular flexibility index (Phi) is 8.29. The van der Waals surface area contributed by atoms with E-state index in [1.165, 1.54) is 6.92 Å². The standard InChI is InChI=1S/C25H32N4O4/c1-17-8-4-6-10-21(17)28-25(32)29-14-12-20(13-15-29)27-24(31)22(26-18(2)30)16-19-9-5-7-11-23(19)33-3/h4-11,20,22H,12-16H2,1-3H3,(H,26,30)(H,27,31)(H,28,32)/t22-/m0/s1. The number of ether oxygens (including phenoxy) is 1. The van der Waals surface area contributed by atoms with E-state index >= 15 is 0 Å². The minimum Gasteiger partial charge on any atom is -0.496 e. The minimum absolute atomic E-state index is 0.0612. The molecule has 1 atom stereocenters. The highest BCUT2D eigenvalue weighted by Gasteiger charge is 2.28. The van der Waals surface area contributed by atoms with Crippen LogP contribution >= 0.6 is 0 Å². The summed E-state index contributed by atoms with van der Waals surface area (Å²) < 4.78 is 5.38. The number of piperidine rings is 1. The molecule has 8 heteroatoms. The van der Waals surface area contributed by atoms with Crippen LogP contribution in [0.5, 0.6) is 5.75 Å². The lowest BCUT2D eigenvalue weighted by Gasteiger charge is -2.33. The Balaban J connectivity index is 1.55. The van der Waals surface area contributed by atoms with Gasteiger partial charge in [0.05, 0.1) is 7.11 Å². The Morgan fingerprint density at radius 2 is 1.73 bits per heavy atom. The number of likely N-dealkylation sites (tertiary alicyclic amines) is 1. The van der Waals surface area contributed by atoms with Gasteiger partial charge in [0.1, 0.15) is 11.8 Å². The SMILES string of the molecule is COc1ccccc1C[C@H](NC(C)=O)C(=O)NC1CCN(C(=O)Nc2ccccc2C)CC1. The van der Waals surface area contributed by atoms with Crippen LogP contribution in [0, 0.1) is 6.92 Å². The van der Waals surface area contributed by atoms with E-state index in [4.69, 9.17) is 4.74 Å². The van der Waals surface area contributed by atoms with Crippen molar-refractivity contribution in [1.82, 2.24) is 15.5 Å². The average Bonchev–Trinajstić information content (AvgIpc) is 2.80. The van der Waals surface area contributed by atoms with E-state index in [0.29, 0.717) is 38.1 Å². The van der Waals surface area contributed by atoms with Gasteiger partial charge in [-0.2, -0.15) is 0 Å². The highest BCUT2D eigenvalue weighted by molar-refractivity contribution is 5.90. The minimum atomic E-state index is -0.707. The van der Waals surface area contributed by atoms with Gasteiger partial charge in [-0.3, -0.25) is 9.59 Å². The number of urea groups is 1. The van der Waals surface area contributed by atoms with Gasteiger partial charge in [-0.1, -0.05) is 36.4 Å². The topological polar surface area (TPSA) is 99.8 Å². The molecule has 1 heterocycles. The van der Waals surface area contributed by atoms with Crippen molar-refractivity contribution >= 4 is 23.5 Å². The van der Waals surface area contributed by atoms with Gasteiger partial charge >= 0.3 is 6.03 Å². The van der Waals surface area contributed by atoms with Crippen LogP contribution < -0.4 is 20.7 Å². The number of anilines is 1. The van der Waals surface area contributed by atoms with E-state index in [1.807, 2.05) is 55.5 Å². The van der Waals surface area contributed by atoms with Crippen LogP contribution in [0.1, 0.15) is 30.9 Å². The van der Waals surface area contributed by atoms with Crippen molar-refractivity contribution in [3.63, 3.8) is 0 Å². The molecule has 0 aromatic heterocycles. The number of rotatable bonds is 7. The molecule has 1 aliphatic heterocycles. The number of amides is 4. The van der Waals surface area contributed by atoms with E-state index in [0.717, 1.165) is 16.8 Å². The Bertz CT molecular complexity index is 986. The summed E-state index contributed by atoms with van der Waals surface area (Å²) in [6.45, 7) is 4.43. The number of methoxy groups -OCH3 is 1. The van der Waals surface area contributed by atoms with Gasteiger partial charge in [0.2, 0.25) is 11.8 Å². The molecule has 0 saturated carbocycles. The molecule has 33 heavy (non-hydrogen) atoms. The second-order valence-corrected chi connectivity index (χ2v) is 8.28. The summed E-state index contributed by atoms with van der Waals surface area (Å²) in [7, 11) is 1.58. The average molecular weight is 453 g/mol. The first-order valence-electron chi connectivity index (χ1n) is 11.2. The molecule has 3 N–H and O–H groups in total. The lowest BCUT2D eigenvalue weighted by atomic mass is 10.0. The van der Waals surface area contributed by atoms with E-state index in [1.54, 1.807) is 12.0 Å². The number of aryl methyl sites for hydroxylation is 1. The fourth-order valence-electron chi connectivity index (χ4n) is 3.98. The first-order chi connectivity index (χ1) is 15.9. The maximum absolute atomic E-state index is 13.0. The van der Waals surface area contributed by atoms with Crippen LogP contribution in [0.2, 0.25) is 0 Å². The second kappa shape index (κ2) is 11.4. The smallest absolute Gasteiger partial charge is 0.321 e. The van der Waals surface area contributed by atoms with E-state index in [-0.39, 0.29) is 23.9 Å². The van der Waals surface area contributed by atoms with Gasteiger partial charge in [0, 0.05) is 38.2 Å². The summed E-state index contributed by atoms with van der Waals surface area (Å²) in [5, 5.41) is 8.75. The van der Waals surface area contributed by atoms with Crippen LogP contribution in [-0.4, -0.2) is 55.0 Å². The van der Waals surface area contributed by atoms with Crippen molar-refractivity contribution in [3.05, 3.63) is 59.7 Å². The maximum atomic E-state index is 13.0. The van der Waals surface area contributed by atoms with Gasteiger partial charge in [0.15, 0.2) is 0 Å². The molecular weight excluding hydrogens is 420 g/mol. The van der Waals surface area contributed by atoms with Gasteiger partial charge in [-0.05, 0) is 43.0 Å². The molecule has 176 valence electrons. The molecule has 1 saturated heterocycles. The number of nitrogens with one attached hydrogen (secondary N) is 3. The number of carbonyl (C=O) groups excluding carboxylic acids is 3. The highest BCUT2D eigenvalue weighted by atomic mass is 16.5. The second-order valence-electron chi connectivity index (χ2n) is 8.28. The summed E-state index contributed by atoms with van der Waals surface area (Å²) in [5.74, 6) is 0.167. The quantitative estimate of drug-likeness (QED) is 0.601. The zero-order chi connectivity index (χ0) is 23.8. The highest BCUT2D eigenvalue weighted by Crippen LogP contribution is 2.20. The van der Waals surface area contributed by atoms with Crippen LogP contribution in [0.15, 0.2) is 48.5 Å². The molecule has 1 fully saturated rings. The summed E-state index contributed by atoms with van der Waals surface area (Å²) in [5.41, 5.74) is 2.65. The van der Waals surface area contributed by atoms with Crippen molar-refractivity contribution in [2.24, 2.45) is 0 Å². The molecule has 0 spiro atoms. The molecule has 4 amide bonds. The Morgan fingerprint density at radius 3 is 2.39 bits per heavy atom. The molecule has 2 aromatic carbocycles.